The average Bonchev–Trinajstić information content (AvgIpc) is 2.42. The average molecular weight is 417 g/mol. The lowest BCUT2D eigenvalue weighted by molar-refractivity contribution is 0.409. The number of anilines is 1. The number of aromatic amines is 1. The second kappa shape index (κ2) is 6.81. The number of halogens is 2. The summed E-state index contributed by atoms with van der Waals surface area (Å²) < 4.78 is 6.82. The third kappa shape index (κ3) is 3.88. The largest absolute Gasteiger partial charge is 0.494 e. The van der Waals surface area contributed by atoms with E-state index < -0.39 is 5.69 Å². The number of hydrogen-bond donors (Lipinski definition) is 2. The van der Waals surface area contributed by atoms with E-state index in [-0.39, 0.29) is 0 Å². The van der Waals surface area contributed by atoms with Gasteiger partial charge in [0.15, 0.2) is 5.82 Å². The van der Waals surface area contributed by atoms with E-state index in [2.05, 4.69) is 57.6 Å². The van der Waals surface area contributed by atoms with Gasteiger partial charge in [0.1, 0.15) is 11.4 Å². The number of aryl methyl sites for hydroxylation is 1. The minimum Gasteiger partial charge on any atom is -0.494 e. The molecule has 2 aromatic rings. The number of benzene rings is 1. The molecule has 0 saturated carbocycles. The quantitative estimate of drug-likeness (QED) is 0.589. The molecule has 110 valence electrons. The zero-order valence-corrected chi connectivity index (χ0v) is 14.3. The molecule has 9 heteroatoms. The van der Waals surface area contributed by atoms with E-state index in [0.29, 0.717) is 17.3 Å². The SMILES string of the molecule is COc1c(Br)cc(/C=N/Nc2nc(=O)[nH]nc2C)cc1Br. The molecule has 2 N–H and O–H groups in total. The van der Waals surface area contributed by atoms with Crippen molar-refractivity contribution in [2.45, 2.75) is 6.92 Å². The number of hydrogen-bond acceptors (Lipinski definition) is 6. The summed E-state index contributed by atoms with van der Waals surface area (Å²) in [5.74, 6) is 1.01. The first kappa shape index (κ1) is 15.6. The number of nitrogens with zero attached hydrogens (tertiary/aromatic N) is 3. The van der Waals surface area contributed by atoms with E-state index in [9.17, 15) is 4.79 Å². The van der Waals surface area contributed by atoms with Crippen LogP contribution in [0.1, 0.15) is 11.3 Å². The van der Waals surface area contributed by atoms with Crippen molar-refractivity contribution in [1.82, 2.24) is 15.2 Å². The fourth-order valence-electron chi connectivity index (χ4n) is 1.51. The number of methoxy groups -OCH3 is 1. The maximum atomic E-state index is 11.1. The molecule has 1 aromatic heterocycles. The summed E-state index contributed by atoms with van der Waals surface area (Å²) in [5.41, 5.74) is 3.53. The molecular formula is C12H11Br2N5O2. The van der Waals surface area contributed by atoms with Crippen LogP contribution in [-0.4, -0.2) is 28.5 Å². The summed E-state index contributed by atoms with van der Waals surface area (Å²) >= 11 is 6.82. The van der Waals surface area contributed by atoms with Crippen molar-refractivity contribution >= 4 is 43.9 Å². The molecule has 7 nitrogen and oxygen atoms in total. The van der Waals surface area contributed by atoms with Crippen molar-refractivity contribution < 1.29 is 4.74 Å². The molecule has 0 aliphatic rings. The number of H-pyrrole nitrogens is 1. The molecule has 21 heavy (non-hydrogen) atoms. The molecule has 0 radical (unpaired) electrons. The van der Waals surface area contributed by atoms with Gasteiger partial charge >= 0.3 is 5.69 Å². The Hall–Kier alpha value is -1.74. The van der Waals surface area contributed by atoms with Crippen LogP contribution in [0.15, 0.2) is 31.0 Å². The van der Waals surface area contributed by atoms with Crippen molar-refractivity contribution in [3.05, 3.63) is 42.8 Å². The normalized spacial score (nSPS) is 10.9. The fraction of sp³-hybridized carbons (Fsp3) is 0.167. The van der Waals surface area contributed by atoms with Crippen LogP contribution in [-0.2, 0) is 0 Å². The summed E-state index contributed by atoms with van der Waals surface area (Å²) in [5, 5.41) is 10.1. The van der Waals surface area contributed by atoms with Gasteiger partial charge in [0.25, 0.3) is 0 Å². The van der Waals surface area contributed by atoms with Crippen LogP contribution >= 0.6 is 31.9 Å². The summed E-state index contributed by atoms with van der Waals surface area (Å²) in [7, 11) is 1.59. The van der Waals surface area contributed by atoms with Gasteiger partial charge < -0.3 is 4.74 Å². The molecule has 0 aliphatic carbocycles. The molecule has 0 spiro atoms. The molecule has 1 heterocycles. The fourth-order valence-corrected chi connectivity index (χ4v) is 3.06. The van der Waals surface area contributed by atoms with Crippen molar-refractivity contribution in [2.75, 3.05) is 12.5 Å². The van der Waals surface area contributed by atoms with Gasteiger partial charge in [-0.15, -0.1) is 0 Å². The molecule has 0 bridgehead atoms. The van der Waals surface area contributed by atoms with Crippen molar-refractivity contribution in [1.29, 1.82) is 0 Å². The van der Waals surface area contributed by atoms with E-state index >= 15 is 0 Å². The highest BCUT2D eigenvalue weighted by Crippen LogP contribution is 2.33. The lowest BCUT2D eigenvalue weighted by atomic mass is 10.2. The number of ether oxygens (including phenoxy) is 1. The minimum atomic E-state index is -0.534. The Morgan fingerprint density at radius 1 is 1.38 bits per heavy atom. The Kier molecular flexibility index (Phi) is 5.07. The lowest BCUT2D eigenvalue weighted by Gasteiger charge is -2.07. The van der Waals surface area contributed by atoms with Gasteiger partial charge in [-0.25, -0.2) is 9.89 Å². The van der Waals surface area contributed by atoms with E-state index in [1.165, 1.54) is 0 Å². The summed E-state index contributed by atoms with van der Waals surface area (Å²) in [6.45, 7) is 1.71. The molecule has 0 fully saturated rings. The topological polar surface area (TPSA) is 92.3 Å². The van der Waals surface area contributed by atoms with Crippen LogP contribution in [0, 0.1) is 6.92 Å². The maximum absolute atomic E-state index is 11.1. The van der Waals surface area contributed by atoms with Gasteiger partial charge in [0, 0.05) is 0 Å². The van der Waals surface area contributed by atoms with Crippen molar-refractivity contribution in [3.8, 4) is 5.75 Å². The summed E-state index contributed by atoms with van der Waals surface area (Å²) in [6, 6.07) is 3.70. The molecule has 1 aromatic carbocycles. The van der Waals surface area contributed by atoms with Gasteiger partial charge in [-0.1, -0.05) is 0 Å². The van der Waals surface area contributed by atoms with Crippen LogP contribution in [0.3, 0.4) is 0 Å². The van der Waals surface area contributed by atoms with Crippen LogP contribution in [0.4, 0.5) is 5.82 Å². The summed E-state index contributed by atoms with van der Waals surface area (Å²) in [4.78, 5) is 14.8. The van der Waals surface area contributed by atoms with Crippen LogP contribution < -0.4 is 15.9 Å². The predicted molar refractivity (Wildman–Crippen MR) is 87.0 cm³/mol. The molecule has 2 rings (SSSR count). The van der Waals surface area contributed by atoms with E-state index in [1.807, 2.05) is 12.1 Å². The molecule has 0 aliphatic heterocycles. The van der Waals surface area contributed by atoms with Gasteiger partial charge in [-0.2, -0.15) is 15.2 Å². The highest BCUT2D eigenvalue weighted by atomic mass is 79.9. The van der Waals surface area contributed by atoms with Gasteiger partial charge in [0.05, 0.1) is 22.3 Å². The Morgan fingerprint density at radius 2 is 2.05 bits per heavy atom. The zero-order valence-electron chi connectivity index (χ0n) is 11.1. The highest BCUT2D eigenvalue weighted by Gasteiger charge is 2.06. The first-order valence-electron chi connectivity index (χ1n) is 5.76. The highest BCUT2D eigenvalue weighted by molar-refractivity contribution is 9.11. The monoisotopic (exact) mass is 415 g/mol. The van der Waals surface area contributed by atoms with Crippen molar-refractivity contribution in [2.24, 2.45) is 5.10 Å². The van der Waals surface area contributed by atoms with E-state index in [0.717, 1.165) is 14.5 Å². The first-order valence-corrected chi connectivity index (χ1v) is 7.35. The molecule has 0 atom stereocenters. The molecule has 0 saturated heterocycles. The van der Waals surface area contributed by atoms with Gasteiger partial charge in [-0.05, 0) is 56.5 Å². The number of hydrazone groups is 1. The zero-order chi connectivity index (χ0) is 15.4. The Morgan fingerprint density at radius 3 is 2.67 bits per heavy atom. The Labute approximate surface area is 137 Å². The second-order valence-corrected chi connectivity index (χ2v) is 5.67. The number of aromatic nitrogens is 3. The molecule has 0 unspecified atom stereocenters. The smallest absolute Gasteiger partial charge is 0.363 e. The molecule has 0 amide bonds. The third-order valence-corrected chi connectivity index (χ3v) is 3.66. The maximum Gasteiger partial charge on any atom is 0.363 e. The second-order valence-electron chi connectivity index (χ2n) is 3.96. The third-order valence-electron chi connectivity index (χ3n) is 2.48. The lowest BCUT2D eigenvalue weighted by Crippen LogP contribution is -2.15. The molecular weight excluding hydrogens is 406 g/mol. The standard InChI is InChI=1S/C12H11Br2N5O2/c1-6-11(16-12(20)19-17-6)18-15-5-7-3-8(13)10(21-2)9(14)4-7/h3-5H,1-2H3,(H2,16,18,19,20)/b15-5+. The van der Waals surface area contributed by atoms with Crippen LogP contribution in [0.2, 0.25) is 0 Å². The summed E-state index contributed by atoms with van der Waals surface area (Å²) in [6.07, 6.45) is 1.59. The van der Waals surface area contributed by atoms with Gasteiger partial charge in [-0.3, -0.25) is 5.43 Å². The van der Waals surface area contributed by atoms with Crippen LogP contribution in [0.5, 0.6) is 5.75 Å². The Bertz CT molecular complexity index is 722. The van der Waals surface area contributed by atoms with E-state index in [4.69, 9.17) is 4.74 Å². The van der Waals surface area contributed by atoms with Crippen LogP contribution in [0.25, 0.3) is 0 Å². The first-order chi connectivity index (χ1) is 10.0. The predicted octanol–water partition coefficient (Wildman–Crippen LogP) is 2.45. The number of rotatable bonds is 4. The number of nitrogens with one attached hydrogen (secondary N) is 2. The van der Waals surface area contributed by atoms with Crippen molar-refractivity contribution in [3.63, 3.8) is 0 Å². The minimum absolute atomic E-state index is 0.307. The Balaban J connectivity index is 2.18. The van der Waals surface area contributed by atoms with Gasteiger partial charge in [0.2, 0.25) is 0 Å². The van der Waals surface area contributed by atoms with E-state index in [1.54, 1.807) is 20.2 Å².